The average molecular weight is 662 g/mol. The second-order valence-corrected chi connectivity index (χ2v) is 8.86. The van der Waals surface area contributed by atoms with Gasteiger partial charge in [0.05, 0.1) is 0 Å². The van der Waals surface area contributed by atoms with Crippen LogP contribution < -0.4 is 0 Å². The van der Waals surface area contributed by atoms with Crippen LogP contribution in [0.1, 0.15) is 0 Å². The summed E-state index contributed by atoms with van der Waals surface area (Å²) in [5.41, 5.74) is 0. The van der Waals surface area contributed by atoms with E-state index in [1.165, 1.54) is 0 Å². The summed E-state index contributed by atoms with van der Waals surface area (Å²) in [4.78, 5) is 83.6. The molecule has 0 spiro atoms. The van der Waals surface area contributed by atoms with Gasteiger partial charge in [0.15, 0.2) is 0 Å². The first-order valence-corrected chi connectivity index (χ1v) is 14.3. The van der Waals surface area contributed by atoms with Crippen molar-refractivity contribution in [3.8, 4) is 0 Å². The zero-order valence-corrected chi connectivity index (χ0v) is 20.1. The van der Waals surface area contributed by atoms with Crippen LogP contribution in [0.4, 0.5) is 25.2 Å². The van der Waals surface area contributed by atoms with E-state index in [0.29, 0.717) is 0 Å². The van der Waals surface area contributed by atoms with Crippen LogP contribution >= 0.6 is 47.4 Å². The van der Waals surface area contributed by atoms with Gasteiger partial charge in [0.2, 0.25) is 0 Å². The molecule has 0 aromatic rings. The molecule has 0 rings (SSSR count). The summed E-state index contributed by atoms with van der Waals surface area (Å²) in [6.07, 6.45) is 0. The summed E-state index contributed by atoms with van der Waals surface area (Å²) >= 11 is 0. The molecule has 0 aliphatic rings. The third-order valence-corrected chi connectivity index (χ3v) is 0. The van der Waals surface area contributed by atoms with Crippen molar-refractivity contribution in [2.45, 2.75) is 0 Å². The molecule has 0 amide bonds. The second kappa shape index (κ2) is 22.6. The molecule has 0 saturated heterocycles. The summed E-state index contributed by atoms with van der Waals surface area (Å²) in [5, 5.41) is 21.5. The van der Waals surface area contributed by atoms with Gasteiger partial charge < -0.3 is 15.1 Å². The molecule has 0 aliphatic carbocycles. The van der Waals surface area contributed by atoms with Crippen molar-refractivity contribution in [1.82, 2.24) is 0 Å². The average Bonchev–Trinajstić information content (AvgIpc) is 2.08. The van der Waals surface area contributed by atoms with Gasteiger partial charge in [-0.05, 0) is 0 Å². The molecule has 0 radical (unpaired) electrons. The molecule has 34 heavy (non-hydrogen) atoms. The van der Waals surface area contributed by atoms with Gasteiger partial charge in [-0.2, -0.15) is 0 Å². The molecule has 0 bridgehead atoms. The molecule has 0 aromatic carbocycles. The molecular formula is H15BF6O21P6. The van der Waals surface area contributed by atoms with Crippen LogP contribution in [0.5, 0.6) is 0 Å². The minimum Gasteiger partial charge on any atom is -0.402 e. The molecule has 216 valence electrons. The fourth-order valence-corrected chi connectivity index (χ4v) is 0. The number of halogens is 6. The van der Waals surface area contributed by atoms with Crippen LogP contribution in [0.25, 0.3) is 0 Å². The summed E-state index contributed by atoms with van der Waals surface area (Å²) in [7, 11) is -33.0. The lowest BCUT2D eigenvalue weighted by molar-refractivity contribution is 0.277. The first kappa shape index (κ1) is 51.1. The standard InChI is InChI=1S/BH3O3.6FH2O3P/c2-1(3)4;6*1-5(2,3)4/h2-4H;6*(H2,2,3,4). The molecule has 21 nitrogen and oxygen atoms in total. The van der Waals surface area contributed by atoms with Crippen LogP contribution in [0.3, 0.4) is 0 Å². The van der Waals surface area contributed by atoms with Crippen molar-refractivity contribution >= 4 is 54.8 Å². The number of rotatable bonds is 0. The molecule has 0 atom stereocenters. The van der Waals surface area contributed by atoms with Crippen molar-refractivity contribution < 1.29 is 126 Å². The Morgan fingerprint density at radius 3 is 0.324 bits per heavy atom. The molecule has 0 saturated carbocycles. The largest absolute Gasteiger partial charge is 0.631 e. The van der Waals surface area contributed by atoms with Gasteiger partial charge in [-0.25, -0.2) is 27.4 Å². The fraction of sp³-hybridized carbons (Fsp3) is 0. The molecule has 34 heteroatoms. The quantitative estimate of drug-likeness (QED) is 0.0776. The van der Waals surface area contributed by atoms with E-state index < -0.39 is 54.8 Å². The summed E-state index contributed by atoms with van der Waals surface area (Å²) in [6, 6.07) is 0. The SMILES string of the molecule is O=P(O)(O)F.O=P(O)(O)F.O=P(O)(O)F.O=P(O)(O)F.O=P(O)(O)F.O=P(O)(O)F.OB(O)O. The van der Waals surface area contributed by atoms with Crippen LogP contribution in [0.15, 0.2) is 0 Å². The van der Waals surface area contributed by atoms with Crippen molar-refractivity contribution in [1.29, 1.82) is 0 Å². The lowest BCUT2D eigenvalue weighted by atomic mass is 10.3. The van der Waals surface area contributed by atoms with Gasteiger partial charge in [-0.3, -0.25) is 58.7 Å². The highest BCUT2D eigenvalue weighted by Gasteiger charge is 2.06. The Morgan fingerprint density at radius 2 is 0.324 bits per heavy atom. The predicted octanol–water partition coefficient (Wildman–Crippen LogP) is -1.76. The Hall–Kier alpha value is 0.425. The van der Waals surface area contributed by atoms with E-state index in [-0.39, 0.29) is 0 Å². The molecule has 0 unspecified atom stereocenters. The van der Waals surface area contributed by atoms with Gasteiger partial charge in [-0.15, -0.1) is 25.2 Å². The molecule has 0 fully saturated rings. The third kappa shape index (κ3) is 177000. The second-order valence-electron chi connectivity index (χ2n) is 3.18. The van der Waals surface area contributed by atoms with Gasteiger partial charge in [-0.1, -0.05) is 0 Å². The number of hydrogen-bond donors (Lipinski definition) is 15. The van der Waals surface area contributed by atoms with Crippen LogP contribution in [0.2, 0.25) is 0 Å². The van der Waals surface area contributed by atoms with Gasteiger partial charge in [0.25, 0.3) is 0 Å². The maximum absolute atomic E-state index is 10.4. The number of hydrogen-bond acceptors (Lipinski definition) is 9. The molecular weight excluding hydrogens is 647 g/mol. The minimum atomic E-state index is -5.14. The van der Waals surface area contributed by atoms with E-state index >= 15 is 0 Å². The normalized spacial score (nSPS) is 11.2. The lowest BCUT2D eigenvalue weighted by Gasteiger charge is -1.78. The first-order chi connectivity index (χ1) is 13.7. The molecule has 0 aliphatic heterocycles. The summed E-state index contributed by atoms with van der Waals surface area (Å²) < 4.78 is 114. The van der Waals surface area contributed by atoms with E-state index in [9.17, 15) is 25.2 Å². The van der Waals surface area contributed by atoms with E-state index in [4.69, 9.17) is 101 Å². The highest BCUT2D eigenvalue weighted by atomic mass is 31.2. The van der Waals surface area contributed by atoms with Gasteiger partial charge in [0.1, 0.15) is 0 Å². The molecule has 0 heterocycles. The van der Waals surface area contributed by atoms with Crippen molar-refractivity contribution in [3.05, 3.63) is 0 Å². The highest BCUT2D eigenvalue weighted by Crippen LogP contribution is 2.37. The van der Waals surface area contributed by atoms with E-state index in [0.717, 1.165) is 0 Å². The minimum absolute atomic E-state index is 2.17. The fourth-order valence-electron chi connectivity index (χ4n) is 0. The topological polar surface area (TPSA) is 406 Å². The predicted molar refractivity (Wildman–Crippen MR) is 91.3 cm³/mol. The van der Waals surface area contributed by atoms with Crippen molar-refractivity contribution in [2.75, 3.05) is 0 Å². The zero-order valence-electron chi connectivity index (χ0n) is 14.7. The summed E-state index contributed by atoms with van der Waals surface area (Å²) in [5.74, 6) is 0. The highest BCUT2D eigenvalue weighted by molar-refractivity contribution is 7.46. The maximum Gasteiger partial charge on any atom is 0.631 e. The van der Waals surface area contributed by atoms with E-state index in [1.54, 1.807) is 0 Å². The Kier molecular flexibility index (Phi) is 34.0. The monoisotopic (exact) mass is 662 g/mol. The Morgan fingerprint density at radius 1 is 0.324 bits per heavy atom. The molecule has 15 N–H and O–H groups in total. The third-order valence-electron chi connectivity index (χ3n) is 0. The van der Waals surface area contributed by atoms with E-state index in [1.807, 2.05) is 0 Å². The van der Waals surface area contributed by atoms with Crippen LogP contribution in [0, 0.1) is 0 Å². The first-order valence-electron chi connectivity index (χ1n) is 5.28. The van der Waals surface area contributed by atoms with Crippen LogP contribution in [-0.2, 0) is 27.4 Å². The van der Waals surface area contributed by atoms with E-state index in [2.05, 4.69) is 0 Å². The molecule has 0 aromatic heterocycles. The Bertz CT molecular complexity index is 521. The van der Waals surface area contributed by atoms with Gasteiger partial charge in [0, 0.05) is 0 Å². The summed E-state index contributed by atoms with van der Waals surface area (Å²) in [6.45, 7) is 0. The van der Waals surface area contributed by atoms with Gasteiger partial charge >= 0.3 is 54.8 Å². The Labute approximate surface area is 182 Å². The zero-order chi connectivity index (χ0) is 30.6. The van der Waals surface area contributed by atoms with Crippen molar-refractivity contribution in [3.63, 3.8) is 0 Å². The smallest absolute Gasteiger partial charge is 0.402 e. The lowest BCUT2D eigenvalue weighted by Crippen LogP contribution is -2.07. The van der Waals surface area contributed by atoms with Crippen LogP contribution in [-0.4, -0.2) is 81.1 Å². The Balaban J connectivity index is -0.0000000501. The van der Waals surface area contributed by atoms with Crippen molar-refractivity contribution in [2.24, 2.45) is 0 Å². The maximum atomic E-state index is 10.4.